The Morgan fingerprint density at radius 2 is 2.11 bits per heavy atom. The SMILES string of the molecule is CCCC(CC)S(=O)[O-]. The van der Waals surface area contributed by atoms with Crippen LogP contribution in [-0.4, -0.2) is 14.0 Å². The Morgan fingerprint density at radius 1 is 1.56 bits per heavy atom. The molecule has 0 rings (SSSR count). The standard InChI is InChI=1S/C6H14O2S/c1-3-5-6(4-2)9(7)8/h6H,3-5H2,1-2H3,(H,7,8)/p-1. The van der Waals surface area contributed by atoms with Crippen LogP contribution in [0.15, 0.2) is 0 Å². The van der Waals surface area contributed by atoms with E-state index in [1.54, 1.807) is 0 Å². The summed E-state index contributed by atoms with van der Waals surface area (Å²) in [6, 6.07) is 0. The molecule has 0 radical (unpaired) electrons. The Kier molecular flexibility index (Phi) is 5.00. The van der Waals surface area contributed by atoms with E-state index in [1.807, 2.05) is 13.8 Å². The molecule has 56 valence electrons. The molecule has 0 N–H and O–H groups in total. The van der Waals surface area contributed by atoms with Crippen molar-refractivity contribution in [2.24, 2.45) is 0 Å². The molecule has 3 heteroatoms. The molecule has 2 nitrogen and oxygen atoms in total. The first-order valence-electron chi connectivity index (χ1n) is 3.30. The van der Waals surface area contributed by atoms with E-state index in [0.717, 1.165) is 19.3 Å². The lowest BCUT2D eigenvalue weighted by Crippen LogP contribution is -2.12. The van der Waals surface area contributed by atoms with Crippen molar-refractivity contribution >= 4 is 11.1 Å². The fraction of sp³-hybridized carbons (Fsp3) is 1.00. The first-order chi connectivity index (χ1) is 4.22. The molecule has 0 aliphatic rings. The fourth-order valence-corrected chi connectivity index (χ4v) is 1.46. The van der Waals surface area contributed by atoms with Crippen LogP contribution in [0.5, 0.6) is 0 Å². The van der Waals surface area contributed by atoms with Gasteiger partial charge in [-0.1, -0.05) is 31.3 Å². The van der Waals surface area contributed by atoms with Gasteiger partial charge in [0.05, 0.1) is 0 Å². The topological polar surface area (TPSA) is 40.1 Å². The summed E-state index contributed by atoms with van der Waals surface area (Å²) in [4.78, 5) is 0. The Bertz CT molecular complexity index is 93.1. The summed E-state index contributed by atoms with van der Waals surface area (Å²) in [5.41, 5.74) is 0. The highest BCUT2D eigenvalue weighted by Crippen LogP contribution is 2.06. The van der Waals surface area contributed by atoms with Crippen molar-refractivity contribution in [3.63, 3.8) is 0 Å². The minimum Gasteiger partial charge on any atom is -0.772 e. The third kappa shape index (κ3) is 3.65. The molecule has 0 aliphatic carbocycles. The summed E-state index contributed by atoms with van der Waals surface area (Å²) >= 11 is -1.85. The third-order valence-electron chi connectivity index (χ3n) is 1.34. The predicted octanol–water partition coefficient (Wildman–Crippen LogP) is 1.44. The first-order valence-corrected chi connectivity index (χ1v) is 4.44. The number of hydrogen-bond donors (Lipinski definition) is 0. The zero-order chi connectivity index (χ0) is 7.28. The molecule has 0 aromatic heterocycles. The zero-order valence-electron chi connectivity index (χ0n) is 5.92. The quantitative estimate of drug-likeness (QED) is 0.567. The molecule has 0 heterocycles. The normalized spacial score (nSPS) is 17.2. The van der Waals surface area contributed by atoms with Gasteiger partial charge < -0.3 is 4.55 Å². The van der Waals surface area contributed by atoms with E-state index < -0.39 is 11.1 Å². The van der Waals surface area contributed by atoms with Crippen LogP contribution in [0.2, 0.25) is 0 Å². The van der Waals surface area contributed by atoms with Crippen LogP contribution in [0, 0.1) is 0 Å². The van der Waals surface area contributed by atoms with Gasteiger partial charge in [-0.15, -0.1) is 0 Å². The van der Waals surface area contributed by atoms with Crippen LogP contribution in [-0.2, 0) is 11.1 Å². The summed E-state index contributed by atoms with van der Waals surface area (Å²) in [5.74, 6) is 0. The Labute approximate surface area is 58.9 Å². The second-order valence-electron chi connectivity index (χ2n) is 2.08. The number of hydrogen-bond acceptors (Lipinski definition) is 2. The van der Waals surface area contributed by atoms with Crippen molar-refractivity contribution in [3.05, 3.63) is 0 Å². The molecule has 0 aromatic rings. The predicted molar refractivity (Wildman–Crippen MR) is 37.9 cm³/mol. The van der Waals surface area contributed by atoms with Crippen LogP contribution < -0.4 is 0 Å². The summed E-state index contributed by atoms with van der Waals surface area (Å²) in [6.45, 7) is 3.89. The van der Waals surface area contributed by atoms with Gasteiger partial charge in [-0.05, 0) is 12.8 Å². The van der Waals surface area contributed by atoms with Gasteiger partial charge in [0.25, 0.3) is 0 Å². The maximum atomic E-state index is 10.3. The molecular weight excluding hydrogens is 136 g/mol. The van der Waals surface area contributed by atoms with Crippen molar-refractivity contribution in [1.29, 1.82) is 0 Å². The Morgan fingerprint density at radius 3 is 2.22 bits per heavy atom. The van der Waals surface area contributed by atoms with Gasteiger partial charge in [-0.2, -0.15) is 0 Å². The smallest absolute Gasteiger partial charge is 0.0213 e. The minimum absolute atomic E-state index is 0.116. The molecule has 2 atom stereocenters. The molecule has 0 spiro atoms. The molecule has 9 heavy (non-hydrogen) atoms. The summed E-state index contributed by atoms with van der Waals surface area (Å²) < 4.78 is 20.6. The second kappa shape index (κ2) is 4.94. The van der Waals surface area contributed by atoms with Gasteiger partial charge >= 0.3 is 0 Å². The van der Waals surface area contributed by atoms with Crippen LogP contribution >= 0.6 is 0 Å². The van der Waals surface area contributed by atoms with Gasteiger partial charge in [0, 0.05) is 5.25 Å². The van der Waals surface area contributed by atoms with E-state index in [9.17, 15) is 8.76 Å². The van der Waals surface area contributed by atoms with Gasteiger partial charge in [0.15, 0.2) is 0 Å². The minimum atomic E-state index is -1.85. The van der Waals surface area contributed by atoms with Crippen LogP contribution in [0.25, 0.3) is 0 Å². The lowest BCUT2D eigenvalue weighted by atomic mass is 10.2. The molecule has 0 bridgehead atoms. The van der Waals surface area contributed by atoms with Crippen molar-refractivity contribution < 1.29 is 8.76 Å². The average molecular weight is 149 g/mol. The average Bonchev–Trinajstić information content (AvgIpc) is 1.82. The maximum absolute atomic E-state index is 10.3. The highest BCUT2D eigenvalue weighted by Gasteiger charge is 2.02. The molecule has 0 saturated carbocycles. The van der Waals surface area contributed by atoms with E-state index in [2.05, 4.69) is 0 Å². The van der Waals surface area contributed by atoms with E-state index in [-0.39, 0.29) is 5.25 Å². The summed E-state index contributed by atoms with van der Waals surface area (Å²) in [7, 11) is 0. The summed E-state index contributed by atoms with van der Waals surface area (Å²) in [6.07, 6.45) is 2.49. The maximum Gasteiger partial charge on any atom is 0.0213 e. The summed E-state index contributed by atoms with van der Waals surface area (Å²) in [5, 5.41) is -0.116. The van der Waals surface area contributed by atoms with E-state index in [4.69, 9.17) is 0 Å². The lowest BCUT2D eigenvalue weighted by Gasteiger charge is -2.15. The molecule has 0 fully saturated rings. The van der Waals surface area contributed by atoms with Crippen molar-refractivity contribution in [3.8, 4) is 0 Å². The zero-order valence-corrected chi connectivity index (χ0v) is 6.74. The monoisotopic (exact) mass is 149 g/mol. The van der Waals surface area contributed by atoms with Crippen molar-refractivity contribution in [2.45, 2.75) is 38.4 Å². The largest absolute Gasteiger partial charge is 0.772 e. The molecule has 0 saturated heterocycles. The fourth-order valence-electron chi connectivity index (χ4n) is 0.758. The highest BCUT2D eigenvalue weighted by molar-refractivity contribution is 7.79. The molecule has 2 unspecified atom stereocenters. The van der Waals surface area contributed by atoms with Crippen LogP contribution in [0.4, 0.5) is 0 Å². The highest BCUT2D eigenvalue weighted by atomic mass is 32.2. The van der Waals surface area contributed by atoms with Crippen molar-refractivity contribution in [2.75, 3.05) is 0 Å². The Hall–Kier alpha value is 0.110. The van der Waals surface area contributed by atoms with Crippen LogP contribution in [0.1, 0.15) is 33.1 Å². The molecule has 0 aliphatic heterocycles. The Balaban J connectivity index is 3.54. The lowest BCUT2D eigenvalue weighted by molar-refractivity contribution is 0.511. The van der Waals surface area contributed by atoms with Gasteiger partial charge in [0.2, 0.25) is 0 Å². The molecular formula is C6H13O2S-. The van der Waals surface area contributed by atoms with E-state index >= 15 is 0 Å². The van der Waals surface area contributed by atoms with Crippen LogP contribution in [0.3, 0.4) is 0 Å². The third-order valence-corrected chi connectivity index (χ3v) is 2.45. The molecule has 0 aromatic carbocycles. The van der Waals surface area contributed by atoms with E-state index in [1.165, 1.54) is 0 Å². The van der Waals surface area contributed by atoms with Crippen molar-refractivity contribution in [1.82, 2.24) is 0 Å². The molecule has 0 amide bonds. The van der Waals surface area contributed by atoms with E-state index in [0.29, 0.717) is 0 Å². The van der Waals surface area contributed by atoms with Gasteiger partial charge in [0.1, 0.15) is 0 Å². The van der Waals surface area contributed by atoms with Gasteiger partial charge in [-0.25, -0.2) is 0 Å². The first kappa shape index (κ1) is 9.11. The second-order valence-corrected chi connectivity index (χ2v) is 3.27. The van der Waals surface area contributed by atoms with Gasteiger partial charge in [-0.3, -0.25) is 4.21 Å². The number of rotatable bonds is 4.